The van der Waals surface area contributed by atoms with E-state index in [1.807, 2.05) is 47.0 Å². The van der Waals surface area contributed by atoms with Gasteiger partial charge in [0.2, 0.25) is 0 Å². The molecule has 0 spiro atoms. The Hall–Kier alpha value is -2.80. The largest absolute Gasteiger partial charge is 0.345 e. The van der Waals surface area contributed by atoms with Gasteiger partial charge in [0, 0.05) is 16.3 Å². The molecule has 0 aliphatic carbocycles. The lowest BCUT2D eigenvalue weighted by Crippen LogP contribution is -2.24. The van der Waals surface area contributed by atoms with Gasteiger partial charge in [0.25, 0.3) is 5.91 Å². The third-order valence-electron chi connectivity index (χ3n) is 6.00. The lowest BCUT2D eigenvalue weighted by atomic mass is 10.0. The Morgan fingerprint density at radius 1 is 0.919 bits per heavy atom. The Balaban J connectivity index is 1.48. The van der Waals surface area contributed by atoms with Crippen molar-refractivity contribution in [3.8, 4) is 5.69 Å². The molecule has 0 atom stereocenters. The number of unbranched alkanes of at least 4 members (excludes halogenated alkanes) is 3. The van der Waals surface area contributed by atoms with Gasteiger partial charge in [-0.15, -0.1) is 10.2 Å². The molecule has 37 heavy (non-hydrogen) atoms. The van der Waals surface area contributed by atoms with Gasteiger partial charge in [-0.1, -0.05) is 104 Å². The summed E-state index contributed by atoms with van der Waals surface area (Å²) in [5.41, 5.74) is 3.71. The molecule has 3 aromatic carbocycles. The fourth-order valence-electron chi connectivity index (χ4n) is 3.97. The summed E-state index contributed by atoms with van der Waals surface area (Å²) in [6, 6.07) is 23.2. The van der Waals surface area contributed by atoms with E-state index < -0.39 is 0 Å². The number of halogens is 2. The van der Waals surface area contributed by atoms with E-state index in [0.29, 0.717) is 38.0 Å². The maximum Gasteiger partial charge on any atom is 0.251 e. The molecule has 0 unspecified atom stereocenters. The number of carbonyl (C=O) groups excluding carboxylic acids is 1. The highest BCUT2D eigenvalue weighted by atomic mass is 35.5. The summed E-state index contributed by atoms with van der Waals surface area (Å²) in [6.45, 7) is 2.41. The number of aromatic nitrogens is 3. The lowest BCUT2D eigenvalue weighted by molar-refractivity contribution is 0.0949. The third-order valence-corrected chi connectivity index (χ3v) is 7.56. The topological polar surface area (TPSA) is 59.8 Å². The minimum Gasteiger partial charge on any atom is -0.345 e. The first-order valence-electron chi connectivity index (χ1n) is 12.5. The predicted molar refractivity (Wildman–Crippen MR) is 153 cm³/mol. The number of aryl methyl sites for hydroxylation is 1. The van der Waals surface area contributed by atoms with Crippen LogP contribution in [0.5, 0.6) is 0 Å². The second-order valence-corrected chi connectivity index (χ2v) is 10.6. The second-order valence-electron chi connectivity index (χ2n) is 8.79. The number of hydrogen-bond donors (Lipinski definition) is 1. The van der Waals surface area contributed by atoms with Crippen molar-refractivity contribution in [2.45, 2.75) is 56.5 Å². The van der Waals surface area contributed by atoms with Gasteiger partial charge in [0.05, 0.1) is 17.3 Å². The van der Waals surface area contributed by atoms with E-state index in [0.717, 1.165) is 6.42 Å². The molecule has 8 heteroatoms. The molecule has 5 nitrogen and oxygen atoms in total. The summed E-state index contributed by atoms with van der Waals surface area (Å²) in [4.78, 5) is 12.9. The van der Waals surface area contributed by atoms with Crippen LogP contribution in [0.15, 0.2) is 78.0 Å². The number of hydrogen-bond acceptors (Lipinski definition) is 4. The van der Waals surface area contributed by atoms with Gasteiger partial charge in [-0.25, -0.2) is 0 Å². The minimum absolute atomic E-state index is 0.164. The molecule has 4 aromatic rings. The maximum atomic E-state index is 12.9. The Labute approximate surface area is 232 Å². The normalized spacial score (nSPS) is 11.0. The minimum atomic E-state index is -0.164. The second kappa shape index (κ2) is 13.7. The number of benzene rings is 3. The molecule has 0 fully saturated rings. The van der Waals surface area contributed by atoms with Crippen molar-refractivity contribution >= 4 is 40.9 Å². The molecule has 0 radical (unpaired) electrons. The number of amides is 1. The first-order chi connectivity index (χ1) is 18.0. The van der Waals surface area contributed by atoms with Crippen LogP contribution in [-0.4, -0.2) is 20.7 Å². The molecular weight excluding hydrogens is 523 g/mol. The fraction of sp³-hybridized carbons (Fsp3) is 0.276. The van der Waals surface area contributed by atoms with Gasteiger partial charge >= 0.3 is 0 Å². The highest BCUT2D eigenvalue weighted by Crippen LogP contribution is 2.31. The highest BCUT2D eigenvalue weighted by Gasteiger charge is 2.18. The maximum absolute atomic E-state index is 12.9. The first kappa shape index (κ1) is 27.2. The van der Waals surface area contributed by atoms with E-state index in [1.54, 1.807) is 30.0 Å². The van der Waals surface area contributed by atoms with Crippen molar-refractivity contribution in [3.63, 3.8) is 0 Å². The van der Waals surface area contributed by atoms with Gasteiger partial charge in [-0.3, -0.25) is 9.36 Å². The average molecular weight is 554 g/mol. The van der Waals surface area contributed by atoms with E-state index in [9.17, 15) is 4.79 Å². The van der Waals surface area contributed by atoms with Crippen molar-refractivity contribution in [2.24, 2.45) is 0 Å². The summed E-state index contributed by atoms with van der Waals surface area (Å²) < 4.78 is 1.86. The van der Waals surface area contributed by atoms with Crippen LogP contribution in [0.1, 0.15) is 59.9 Å². The van der Waals surface area contributed by atoms with Gasteiger partial charge in [-0.05, 0) is 54.3 Å². The lowest BCUT2D eigenvalue weighted by Gasteiger charge is -2.13. The van der Waals surface area contributed by atoms with E-state index in [2.05, 4.69) is 34.6 Å². The van der Waals surface area contributed by atoms with E-state index in [1.165, 1.54) is 36.8 Å². The standard InChI is InChI=1S/C29H30Cl2N4OS/c1-2-3-4-6-9-21-12-14-23(15-13-21)28(36)32-19-27-33-34-29(37-20-22-10-7-5-8-11-22)35(27)26-18-24(30)16-17-25(26)31/h5,7-8,10-18H,2-4,6,9,19-20H2,1H3,(H,32,36). The predicted octanol–water partition coefficient (Wildman–Crippen LogP) is 7.92. The first-order valence-corrected chi connectivity index (χ1v) is 14.2. The Morgan fingerprint density at radius 2 is 1.70 bits per heavy atom. The molecule has 1 N–H and O–H groups in total. The van der Waals surface area contributed by atoms with Crippen molar-refractivity contribution in [3.05, 3.63) is 105 Å². The zero-order valence-electron chi connectivity index (χ0n) is 20.8. The Kier molecular flexibility index (Phi) is 10.1. The summed E-state index contributed by atoms with van der Waals surface area (Å²) >= 11 is 14.4. The molecule has 1 aromatic heterocycles. The van der Waals surface area contributed by atoms with Gasteiger partial charge in [0.15, 0.2) is 11.0 Å². The fourth-order valence-corrected chi connectivity index (χ4v) is 5.26. The van der Waals surface area contributed by atoms with Crippen molar-refractivity contribution in [1.82, 2.24) is 20.1 Å². The number of nitrogens with one attached hydrogen (secondary N) is 1. The summed E-state index contributed by atoms with van der Waals surface area (Å²) in [7, 11) is 0. The molecule has 4 rings (SSSR count). The van der Waals surface area contributed by atoms with Crippen molar-refractivity contribution < 1.29 is 4.79 Å². The zero-order valence-corrected chi connectivity index (χ0v) is 23.1. The van der Waals surface area contributed by atoms with E-state index in [4.69, 9.17) is 23.2 Å². The van der Waals surface area contributed by atoms with E-state index in [-0.39, 0.29) is 12.5 Å². The van der Waals surface area contributed by atoms with Crippen LogP contribution in [0.4, 0.5) is 0 Å². The van der Waals surface area contributed by atoms with Crippen LogP contribution in [0.2, 0.25) is 10.0 Å². The number of rotatable bonds is 12. The summed E-state index contributed by atoms with van der Waals surface area (Å²) in [6.07, 6.45) is 5.93. The molecule has 0 saturated heterocycles. The smallest absolute Gasteiger partial charge is 0.251 e. The SMILES string of the molecule is CCCCCCc1ccc(C(=O)NCc2nnc(SCc3ccccc3)n2-c2cc(Cl)ccc2Cl)cc1. The molecule has 192 valence electrons. The van der Waals surface area contributed by atoms with Gasteiger partial charge < -0.3 is 5.32 Å². The molecule has 0 aliphatic rings. The summed E-state index contributed by atoms with van der Waals surface area (Å²) in [5.74, 6) is 1.12. The quantitative estimate of drug-likeness (QED) is 0.143. The van der Waals surface area contributed by atoms with Gasteiger partial charge in [-0.2, -0.15) is 0 Å². The zero-order chi connectivity index (χ0) is 26.0. The highest BCUT2D eigenvalue weighted by molar-refractivity contribution is 7.98. The van der Waals surface area contributed by atoms with Crippen LogP contribution >= 0.6 is 35.0 Å². The molecule has 1 amide bonds. The summed E-state index contributed by atoms with van der Waals surface area (Å²) in [5, 5.41) is 13.5. The van der Waals surface area contributed by atoms with Crippen LogP contribution in [0.25, 0.3) is 5.69 Å². The number of carbonyl (C=O) groups is 1. The van der Waals surface area contributed by atoms with Crippen molar-refractivity contribution in [2.75, 3.05) is 0 Å². The monoisotopic (exact) mass is 552 g/mol. The van der Waals surface area contributed by atoms with Gasteiger partial charge in [0.1, 0.15) is 0 Å². The third kappa shape index (κ3) is 7.60. The van der Waals surface area contributed by atoms with E-state index >= 15 is 0 Å². The molecular formula is C29H30Cl2N4OS. The Morgan fingerprint density at radius 3 is 2.46 bits per heavy atom. The molecule has 1 heterocycles. The van der Waals surface area contributed by atoms with Crippen LogP contribution in [-0.2, 0) is 18.7 Å². The van der Waals surface area contributed by atoms with Crippen LogP contribution in [0, 0.1) is 0 Å². The van der Waals surface area contributed by atoms with Crippen molar-refractivity contribution in [1.29, 1.82) is 0 Å². The molecule has 0 aliphatic heterocycles. The Bertz CT molecular complexity index is 1310. The molecule has 0 saturated carbocycles. The van der Waals surface area contributed by atoms with Crippen LogP contribution in [0.3, 0.4) is 0 Å². The molecule has 0 bridgehead atoms. The number of thioether (sulfide) groups is 1. The van der Waals surface area contributed by atoms with Crippen LogP contribution < -0.4 is 5.32 Å². The number of nitrogens with zero attached hydrogens (tertiary/aromatic N) is 3. The average Bonchev–Trinajstić information content (AvgIpc) is 3.33.